The summed E-state index contributed by atoms with van der Waals surface area (Å²) in [7, 11) is 1.92. The summed E-state index contributed by atoms with van der Waals surface area (Å²) in [5, 5.41) is 30.1. The van der Waals surface area contributed by atoms with Crippen LogP contribution < -0.4 is 5.32 Å². The third-order valence-corrected chi connectivity index (χ3v) is 8.79. The zero-order chi connectivity index (χ0) is 31.1. The molecule has 0 unspecified atom stereocenters. The van der Waals surface area contributed by atoms with E-state index in [1.54, 1.807) is 18.1 Å². The van der Waals surface area contributed by atoms with Crippen LogP contribution >= 0.6 is 11.8 Å². The summed E-state index contributed by atoms with van der Waals surface area (Å²) in [6.07, 6.45) is 0.521. The Hall–Kier alpha value is -4.03. The quantitative estimate of drug-likeness (QED) is 0.187. The predicted octanol–water partition coefficient (Wildman–Crippen LogP) is 5.04. The van der Waals surface area contributed by atoms with Crippen molar-refractivity contribution in [3.63, 3.8) is 0 Å². The zero-order valence-electron chi connectivity index (χ0n) is 24.6. The standard InChI is InChI=1S/C33H36N4O6S/c1-21-28(19-44-33-36-35-20-37(33)2)42-32(43-31(21)25-8-6-22(18-38)7-9-25)26-12-10-24(11-13-26)27-5-3-4-23(16-27)17-34-29(39)14-15-30(40)41/h3-13,16,20-21,28,31-32,38H,14-15,17-19H2,1-2H3,(H,34,39)(H,40,41)/t21-,28+,31+,32+/m0/s1. The Balaban J connectivity index is 1.31. The number of amides is 1. The predicted molar refractivity (Wildman–Crippen MR) is 165 cm³/mol. The first kappa shape index (κ1) is 31.4. The van der Waals surface area contributed by atoms with Gasteiger partial charge >= 0.3 is 5.97 Å². The van der Waals surface area contributed by atoms with Gasteiger partial charge in [-0.25, -0.2) is 0 Å². The second-order valence-corrected chi connectivity index (χ2v) is 11.8. The molecule has 0 radical (unpaired) electrons. The fraction of sp³-hybridized carbons (Fsp3) is 0.333. The van der Waals surface area contributed by atoms with Crippen LogP contribution in [0.3, 0.4) is 0 Å². The monoisotopic (exact) mass is 616 g/mol. The average molecular weight is 617 g/mol. The molecule has 44 heavy (non-hydrogen) atoms. The number of ether oxygens (including phenoxy) is 2. The first-order chi connectivity index (χ1) is 21.3. The van der Waals surface area contributed by atoms with Crippen molar-refractivity contribution < 1.29 is 29.3 Å². The largest absolute Gasteiger partial charge is 0.481 e. The van der Waals surface area contributed by atoms with Gasteiger partial charge in [-0.1, -0.05) is 85.4 Å². The molecular formula is C33H36N4O6S. The maximum atomic E-state index is 11.9. The molecular weight excluding hydrogens is 580 g/mol. The number of carboxylic acid groups (broad SMARTS) is 1. The van der Waals surface area contributed by atoms with Crippen LogP contribution in [0.15, 0.2) is 84.3 Å². The molecule has 10 nitrogen and oxygen atoms in total. The van der Waals surface area contributed by atoms with E-state index >= 15 is 0 Å². The van der Waals surface area contributed by atoms with E-state index < -0.39 is 12.3 Å². The van der Waals surface area contributed by atoms with Crippen LogP contribution in [0, 0.1) is 5.92 Å². The number of nitrogens with zero attached hydrogens (tertiary/aromatic N) is 3. The second kappa shape index (κ2) is 14.6. The highest BCUT2D eigenvalue weighted by atomic mass is 32.2. The summed E-state index contributed by atoms with van der Waals surface area (Å²) in [6, 6.07) is 23.8. The summed E-state index contributed by atoms with van der Waals surface area (Å²) in [5.41, 5.74) is 5.68. The highest BCUT2D eigenvalue weighted by molar-refractivity contribution is 7.99. The molecule has 1 fully saturated rings. The smallest absolute Gasteiger partial charge is 0.303 e. The third kappa shape index (κ3) is 7.92. The van der Waals surface area contributed by atoms with E-state index in [2.05, 4.69) is 22.4 Å². The topological polar surface area (TPSA) is 136 Å². The molecule has 0 spiro atoms. The number of hydrogen-bond donors (Lipinski definition) is 3. The Morgan fingerprint density at radius 2 is 1.70 bits per heavy atom. The Kier molecular flexibility index (Phi) is 10.4. The summed E-state index contributed by atoms with van der Waals surface area (Å²) >= 11 is 1.60. The van der Waals surface area contributed by atoms with Gasteiger partial charge in [0.15, 0.2) is 11.4 Å². The van der Waals surface area contributed by atoms with Gasteiger partial charge in [-0.2, -0.15) is 0 Å². The van der Waals surface area contributed by atoms with Crippen molar-refractivity contribution in [2.24, 2.45) is 13.0 Å². The van der Waals surface area contributed by atoms with Crippen LogP contribution in [-0.2, 0) is 39.3 Å². The molecule has 11 heteroatoms. The lowest BCUT2D eigenvalue weighted by Gasteiger charge is -2.41. The number of carboxylic acids is 1. The van der Waals surface area contributed by atoms with E-state index in [-0.39, 0.29) is 43.5 Å². The van der Waals surface area contributed by atoms with Crippen LogP contribution in [0.2, 0.25) is 0 Å². The van der Waals surface area contributed by atoms with Crippen LogP contribution in [-0.4, -0.2) is 48.7 Å². The van der Waals surface area contributed by atoms with Gasteiger partial charge in [-0.15, -0.1) is 10.2 Å². The van der Waals surface area contributed by atoms with Gasteiger partial charge in [-0.3, -0.25) is 9.59 Å². The maximum Gasteiger partial charge on any atom is 0.303 e. The van der Waals surface area contributed by atoms with Gasteiger partial charge in [0.2, 0.25) is 5.91 Å². The highest BCUT2D eigenvalue weighted by Crippen LogP contribution is 2.43. The van der Waals surface area contributed by atoms with Gasteiger partial charge < -0.3 is 29.6 Å². The molecule has 1 aliphatic heterocycles. The van der Waals surface area contributed by atoms with Crippen LogP contribution in [0.4, 0.5) is 0 Å². The van der Waals surface area contributed by atoms with E-state index in [0.717, 1.165) is 38.5 Å². The zero-order valence-corrected chi connectivity index (χ0v) is 25.4. The summed E-state index contributed by atoms with van der Waals surface area (Å²) in [6.45, 7) is 2.44. The lowest BCUT2D eigenvalue weighted by atomic mass is 9.91. The second-order valence-electron chi connectivity index (χ2n) is 10.9. The minimum absolute atomic E-state index is 0.0132. The molecule has 3 N–H and O–H groups in total. The summed E-state index contributed by atoms with van der Waals surface area (Å²) < 4.78 is 15.0. The molecule has 1 saturated heterocycles. The van der Waals surface area contributed by atoms with E-state index in [0.29, 0.717) is 12.3 Å². The number of carbonyl (C=O) groups excluding carboxylic acids is 1. The Bertz CT molecular complexity index is 1560. The fourth-order valence-corrected chi connectivity index (χ4v) is 6.12. The fourth-order valence-electron chi connectivity index (χ4n) is 5.07. The number of aliphatic hydroxyl groups excluding tert-OH is 1. The average Bonchev–Trinajstić information content (AvgIpc) is 3.46. The lowest BCUT2D eigenvalue weighted by molar-refractivity contribution is -0.268. The molecule has 230 valence electrons. The minimum Gasteiger partial charge on any atom is -0.481 e. The normalized spacial score (nSPS) is 19.9. The minimum atomic E-state index is -0.993. The third-order valence-electron chi connectivity index (χ3n) is 7.67. The van der Waals surface area contributed by atoms with Gasteiger partial charge in [0.05, 0.1) is 25.2 Å². The molecule has 0 bridgehead atoms. The molecule has 2 heterocycles. The number of thioether (sulfide) groups is 1. The van der Waals surface area contributed by atoms with Gasteiger partial charge in [0.1, 0.15) is 6.33 Å². The molecule has 4 atom stereocenters. The number of aliphatic hydroxyl groups is 1. The molecule has 0 saturated carbocycles. The molecule has 1 aromatic heterocycles. The molecule has 1 amide bonds. The van der Waals surface area contributed by atoms with Crippen molar-refractivity contribution >= 4 is 23.6 Å². The number of benzene rings is 3. The van der Waals surface area contributed by atoms with Crippen LogP contribution in [0.1, 0.15) is 54.4 Å². The maximum absolute atomic E-state index is 11.9. The first-order valence-corrected chi connectivity index (χ1v) is 15.4. The van der Waals surface area contributed by atoms with Crippen molar-refractivity contribution in [1.82, 2.24) is 20.1 Å². The number of aryl methyl sites for hydroxylation is 1. The summed E-state index contributed by atoms with van der Waals surface area (Å²) in [4.78, 5) is 22.7. The van der Waals surface area contributed by atoms with Crippen LogP contribution in [0.5, 0.6) is 0 Å². The highest BCUT2D eigenvalue weighted by Gasteiger charge is 2.38. The van der Waals surface area contributed by atoms with E-state index in [4.69, 9.17) is 14.6 Å². The number of aliphatic carboxylic acids is 1. The van der Waals surface area contributed by atoms with E-state index in [1.807, 2.05) is 84.4 Å². The van der Waals surface area contributed by atoms with Gasteiger partial charge in [-0.05, 0) is 33.9 Å². The number of hydrogen-bond acceptors (Lipinski definition) is 8. The van der Waals surface area contributed by atoms with Crippen LogP contribution in [0.25, 0.3) is 11.1 Å². The lowest BCUT2D eigenvalue weighted by Crippen LogP contribution is -2.38. The number of rotatable bonds is 12. The van der Waals surface area contributed by atoms with Gasteiger partial charge in [0, 0.05) is 37.2 Å². The molecule has 3 aromatic carbocycles. The summed E-state index contributed by atoms with van der Waals surface area (Å²) in [5.74, 6) is -0.553. The van der Waals surface area contributed by atoms with Gasteiger partial charge in [0.25, 0.3) is 0 Å². The Labute approximate surface area is 260 Å². The van der Waals surface area contributed by atoms with Crippen molar-refractivity contribution in [2.75, 3.05) is 5.75 Å². The molecule has 4 aromatic rings. The number of nitrogens with one attached hydrogen (secondary N) is 1. The van der Waals surface area contributed by atoms with Crippen molar-refractivity contribution in [3.05, 3.63) is 101 Å². The van der Waals surface area contributed by atoms with Crippen molar-refractivity contribution in [3.8, 4) is 11.1 Å². The Morgan fingerprint density at radius 1 is 0.955 bits per heavy atom. The Morgan fingerprint density at radius 3 is 2.39 bits per heavy atom. The molecule has 1 aliphatic rings. The van der Waals surface area contributed by atoms with E-state index in [1.165, 1.54) is 0 Å². The SMILES string of the molecule is C[C@H]1[C@@H](CSc2nncn2C)O[C@@H](c2ccc(-c3cccc(CNC(=O)CCC(=O)O)c3)cc2)O[C@H]1c1ccc(CO)cc1. The first-order valence-electron chi connectivity index (χ1n) is 14.5. The van der Waals surface area contributed by atoms with Crippen molar-refractivity contribution in [2.45, 2.75) is 56.6 Å². The number of carbonyl (C=O) groups is 2. The molecule has 5 rings (SSSR count). The van der Waals surface area contributed by atoms with Crippen molar-refractivity contribution in [1.29, 1.82) is 0 Å². The van der Waals surface area contributed by atoms with E-state index in [9.17, 15) is 14.7 Å². The number of aromatic nitrogens is 3. The molecule has 0 aliphatic carbocycles.